The van der Waals surface area contributed by atoms with Gasteiger partial charge < -0.3 is 11.1 Å². The summed E-state index contributed by atoms with van der Waals surface area (Å²) in [5, 5.41) is 3.56. The number of thioether (sulfide) groups is 1. The number of nitrogens with two attached hydrogens (primary N) is 1. The van der Waals surface area contributed by atoms with Gasteiger partial charge in [0.25, 0.3) is 0 Å². The molecular formula is C15H19N5S. The van der Waals surface area contributed by atoms with Crippen LogP contribution >= 0.6 is 11.8 Å². The smallest absolute Gasteiger partial charge is 0.228 e. The van der Waals surface area contributed by atoms with Crippen LogP contribution < -0.4 is 11.1 Å². The van der Waals surface area contributed by atoms with E-state index in [0.29, 0.717) is 5.95 Å². The van der Waals surface area contributed by atoms with Gasteiger partial charge in [0.1, 0.15) is 11.2 Å². The molecule has 1 aliphatic heterocycles. The highest BCUT2D eigenvalue weighted by Crippen LogP contribution is 2.41. The molecule has 1 aromatic heterocycles. The van der Waals surface area contributed by atoms with E-state index in [1.54, 1.807) is 0 Å². The molecule has 0 amide bonds. The van der Waals surface area contributed by atoms with Crippen molar-refractivity contribution >= 4 is 23.7 Å². The number of benzene rings is 1. The maximum absolute atomic E-state index is 5.77. The molecule has 2 heterocycles. The Labute approximate surface area is 128 Å². The van der Waals surface area contributed by atoms with Crippen LogP contribution in [-0.2, 0) is 12.2 Å². The Hall–Kier alpha value is -1.82. The number of nitrogens with one attached hydrogen (secondary N) is 1. The molecule has 0 spiro atoms. The summed E-state index contributed by atoms with van der Waals surface area (Å²) in [6.07, 6.45) is 1.80. The van der Waals surface area contributed by atoms with Crippen LogP contribution in [0, 0.1) is 6.92 Å². The molecule has 3 N–H and O–H groups in total. The van der Waals surface area contributed by atoms with Gasteiger partial charge >= 0.3 is 0 Å². The number of nitrogens with zero attached hydrogens (tertiary/aromatic N) is 3. The molecule has 5 nitrogen and oxygen atoms in total. The fourth-order valence-electron chi connectivity index (χ4n) is 2.43. The first kappa shape index (κ1) is 14.1. The molecule has 0 saturated heterocycles. The molecule has 0 aliphatic carbocycles. The van der Waals surface area contributed by atoms with Crippen molar-refractivity contribution in [1.29, 1.82) is 0 Å². The number of hydrogen-bond donors (Lipinski definition) is 2. The first-order valence-electron chi connectivity index (χ1n) is 7.13. The zero-order chi connectivity index (χ0) is 14.8. The Bertz CT molecular complexity index is 659. The lowest BCUT2D eigenvalue weighted by atomic mass is 10.1. The Balaban J connectivity index is 1.84. The van der Waals surface area contributed by atoms with E-state index < -0.39 is 0 Å². The van der Waals surface area contributed by atoms with Crippen molar-refractivity contribution in [3.05, 3.63) is 40.7 Å². The lowest BCUT2D eigenvalue weighted by Gasteiger charge is -2.14. The second-order valence-corrected chi connectivity index (χ2v) is 6.31. The molecule has 6 heteroatoms. The molecule has 3 rings (SSSR count). The molecule has 21 heavy (non-hydrogen) atoms. The van der Waals surface area contributed by atoms with Crippen molar-refractivity contribution in [2.75, 3.05) is 11.1 Å². The maximum Gasteiger partial charge on any atom is 0.228 e. The molecule has 1 aromatic carbocycles. The highest BCUT2D eigenvalue weighted by molar-refractivity contribution is 7.99. The number of nitrogen functional groups attached to an aromatic ring is 1. The highest BCUT2D eigenvalue weighted by atomic mass is 32.2. The van der Waals surface area contributed by atoms with Gasteiger partial charge in [0.15, 0.2) is 0 Å². The lowest BCUT2D eigenvalue weighted by molar-refractivity contribution is 0.820. The van der Waals surface area contributed by atoms with Gasteiger partial charge in [0.2, 0.25) is 11.9 Å². The van der Waals surface area contributed by atoms with E-state index >= 15 is 0 Å². The summed E-state index contributed by atoms with van der Waals surface area (Å²) < 4.78 is 0. The number of aryl methyl sites for hydroxylation is 2. The van der Waals surface area contributed by atoms with E-state index in [2.05, 4.69) is 52.3 Å². The van der Waals surface area contributed by atoms with E-state index in [-0.39, 0.29) is 11.3 Å². The Kier molecular flexibility index (Phi) is 3.96. The standard InChI is InChI=1S/C15H19N5S/c1-3-4-12-17-14(16)20-15(18-12)19-13-11-7-9(2)5-6-10(11)8-21-13/h5-7,13H,3-4,8H2,1-2H3,(H3,16,17,18,19,20)/t13-/m1/s1. The SMILES string of the molecule is CCCc1nc(N)nc(N[C@@H]2SCc3ccc(C)cc32)n1. The number of rotatable bonds is 4. The average Bonchev–Trinajstić information content (AvgIpc) is 2.81. The van der Waals surface area contributed by atoms with E-state index in [1.807, 2.05) is 11.8 Å². The Morgan fingerprint density at radius 2 is 2.19 bits per heavy atom. The predicted octanol–water partition coefficient (Wildman–Crippen LogP) is 3.07. The normalized spacial score (nSPS) is 16.8. The van der Waals surface area contributed by atoms with Crippen molar-refractivity contribution in [3.8, 4) is 0 Å². The van der Waals surface area contributed by atoms with Crippen molar-refractivity contribution in [2.24, 2.45) is 0 Å². The Morgan fingerprint density at radius 3 is 3.00 bits per heavy atom. The van der Waals surface area contributed by atoms with E-state index in [0.717, 1.165) is 24.4 Å². The molecule has 110 valence electrons. The maximum atomic E-state index is 5.77. The summed E-state index contributed by atoms with van der Waals surface area (Å²) in [6, 6.07) is 6.58. The second kappa shape index (κ2) is 5.89. The molecule has 0 fully saturated rings. The number of anilines is 2. The van der Waals surface area contributed by atoms with Crippen LogP contribution in [0.1, 0.15) is 41.2 Å². The second-order valence-electron chi connectivity index (χ2n) is 5.22. The first-order valence-corrected chi connectivity index (χ1v) is 8.18. The Morgan fingerprint density at radius 1 is 1.33 bits per heavy atom. The van der Waals surface area contributed by atoms with Crippen LogP contribution in [0.4, 0.5) is 11.9 Å². The molecule has 0 saturated carbocycles. The van der Waals surface area contributed by atoms with Gasteiger partial charge in [-0.15, -0.1) is 11.8 Å². The van der Waals surface area contributed by atoms with Gasteiger partial charge in [-0.25, -0.2) is 0 Å². The fourth-order valence-corrected chi connectivity index (χ4v) is 3.62. The summed E-state index contributed by atoms with van der Waals surface area (Å²) in [7, 11) is 0. The molecule has 2 aromatic rings. The van der Waals surface area contributed by atoms with Crippen LogP contribution in [0.3, 0.4) is 0 Å². The van der Waals surface area contributed by atoms with Crippen LogP contribution in [0.25, 0.3) is 0 Å². The first-order chi connectivity index (χ1) is 10.2. The molecule has 1 atom stereocenters. The number of hydrogen-bond acceptors (Lipinski definition) is 6. The predicted molar refractivity (Wildman–Crippen MR) is 87.1 cm³/mol. The number of aromatic nitrogens is 3. The monoisotopic (exact) mass is 301 g/mol. The zero-order valence-electron chi connectivity index (χ0n) is 12.3. The summed E-state index contributed by atoms with van der Waals surface area (Å²) in [4.78, 5) is 12.8. The zero-order valence-corrected chi connectivity index (χ0v) is 13.1. The van der Waals surface area contributed by atoms with Crippen LogP contribution in [0.15, 0.2) is 18.2 Å². The quantitative estimate of drug-likeness (QED) is 0.903. The minimum absolute atomic E-state index is 0.177. The van der Waals surface area contributed by atoms with E-state index in [9.17, 15) is 0 Å². The van der Waals surface area contributed by atoms with Gasteiger partial charge in [-0.3, -0.25) is 0 Å². The molecule has 0 unspecified atom stereocenters. The van der Waals surface area contributed by atoms with Gasteiger partial charge in [0.05, 0.1) is 0 Å². The topological polar surface area (TPSA) is 76.7 Å². The third-order valence-corrected chi connectivity index (χ3v) is 4.60. The number of fused-ring (bicyclic) bond motifs is 1. The van der Waals surface area contributed by atoms with Crippen LogP contribution in [-0.4, -0.2) is 15.0 Å². The van der Waals surface area contributed by atoms with Gasteiger partial charge in [-0.1, -0.05) is 30.7 Å². The largest absolute Gasteiger partial charge is 0.368 e. The molecular weight excluding hydrogens is 282 g/mol. The lowest BCUT2D eigenvalue weighted by Crippen LogP contribution is -2.12. The molecule has 1 aliphatic rings. The van der Waals surface area contributed by atoms with Crippen molar-refractivity contribution in [2.45, 2.75) is 37.8 Å². The fraction of sp³-hybridized carbons (Fsp3) is 0.400. The summed E-state index contributed by atoms with van der Waals surface area (Å²) in [5.41, 5.74) is 9.73. The summed E-state index contributed by atoms with van der Waals surface area (Å²) in [5.74, 6) is 2.61. The minimum Gasteiger partial charge on any atom is -0.368 e. The third-order valence-electron chi connectivity index (χ3n) is 3.42. The van der Waals surface area contributed by atoms with Crippen molar-refractivity contribution < 1.29 is 0 Å². The van der Waals surface area contributed by atoms with E-state index in [4.69, 9.17) is 5.73 Å². The molecule has 0 bridgehead atoms. The van der Waals surface area contributed by atoms with Gasteiger partial charge in [-0.05, 0) is 24.5 Å². The summed E-state index contributed by atoms with van der Waals surface area (Å²) >= 11 is 1.85. The van der Waals surface area contributed by atoms with Crippen LogP contribution in [0.5, 0.6) is 0 Å². The summed E-state index contributed by atoms with van der Waals surface area (Å²) in [6.45, 7) is 4.21. The van der Waals surface area contributed by atoms with E-state index in [1.165, 1.54) is 16.7 Å². The minimum atomic E-state index is 0.177. The molecule has 0 radical (unpaired) electrons. The van der Waals surface area contributed by atoms with Crippen molar-refractivity contribution in [1.82, 2.24) is 15.0 Å². The van der Waals surface area contributed by atoms with Crippen LogP contribution in [0.2, 0.25) is 0 Å². The van der Waals surface area contributed by atoms with Gasteiger partial charge in [0, 0.05) is 12.2 Å². The third kappa shape index (κ3) is 3.10. The van der Waals surface area contributed by atoms with Gasteiger partial charge in [-0.2, -0.15) is 15.0 Å². The average molecular weight is 301 g/mol. The van der Waals surface area contributed by atoms with Crippen molar-refractivity contribution in [3.63, 3.8) is 0 Å². The highest BCUT2D eigenvalue weighted by Gasteiger charge is 2.24.